The smallest absolute Gasteiger partial charge is 0.313 e. The zero-order valence-corrected chi connectivity index (χ0v) is 25.3. The molecular weight excluding hydrogens is 552 g/mol. The summed E-state index contributed by atoms with van der Waals surface area (Å²) in [5.41, 5.74) is 0.265. The number of esters is 1. The molecular formula is C32H42N4O7. The lowest BCUT2D eigenvalue weighted by atomic mass is 9.74. The van der Waals surface area contributed by atoms with Gasteiger partial charge in [-0.25, -0.2) is 0 Å². The first-order chi connectivity index (χ1) is 20.7. The van der Waals surface area contributed by atoms with Crippen molar-refractivity contribution in [2.24, 2.45) is 11.8 Å². The van der Waals surface area contributed by atoms with Crippen molar-refractivity contribution in [2.45, 2.75) is 70.4 Å². The second-order valence-electron chi connectivity index (χ2n) is 11.7. The van der Waals surface area contributed by atoms with Crippen LogP contribution < -0.4 is 15.1 Å². The number of hydrogen-bond acceptors (Lipinski definition) is 8. The number of carbonyl (C=O) groups is 4. The molecule has 1 aromatic carbocycles. The zero-order chi connectivity index (χ0) is 30.9. The number of benzene rings is 1. The molecule has 11 heteroatoms. The third-order valence-corrected chi connectivity index (χ3v) is 9.01. The molecule has 2 fully saturated rings. The van der Waals surface area contributed by atoms with Crippen LogP contribution in [0.4, 0.5) is 11.4 Å². The number of nitrogens with zero attached hydrogens (tertiary/aromatic N) is 3. The number of hydrogen-bond donors (Lipinski definition) is 2. The Bertz CT molecular complexity index is 1290. The van der Waals surface area contributed by atoms with Crippen LogP contribution in [0.25, 0.3) is 0 Å². The molecule has 0 unspecified atom stereocenters. The van der Waals surface area contributed by atoms with E-state index in [9.17, 15) is 24.3 Å². The van der Waals surface area contributed by atoms with Gasteiger partial charge in [0, 0.05) is 37.4 Å². The van der Waals surface area contributed by atoms with Crippen molar-refractivity contribution in [1.82, 2.24) is 10.2 Å². The van der Waals surface area contributed by atoms with Crippen LogP contribution in [-0.2, 0) is 28.7 Å². The number of rotatable bonds is 6. The Morgan fingerprint density at radius 1 is 1.09 bits per heavy atom. The highest BCUT2D eigenvalue weighted by atomic mass is 16.6. The fourth-order valence-corrected chi connectivity index (χ4v) is 6.80. The number of cyclic esters (lactones) is 1. The molecule has 7 atom stereocenters. The van der Waals surface area contributed by atoms with Gasteiger partial charge in [0.2, 0.25) is 11.8 Å². The highest BCUT2D eigenvalue weighted by Gasteiger charge is 2.74. The highest BCUT2D eigenvalue weighted by molar-refractivity contribution is 6.05. The lowest BCUT2D eigenvalue weighted by molar-refractivity contribution is -0.158. The Morgan fingerprint density at radius 2 is 1.81 bits per heavy atom. The second-order valence-corrected chi connectivity index (χ2v) is 11.7. The van der Waals surface area contributed by atoms with E-state index in [4.69, 9.17) is 9.47 Å². The van der Waals surface area contributed by atoms with E-state index in [1.165, 1.54) is 4.90 Å². The van der Waals surface area contributed by atoms with Crippen molar-refractivity contribution >= 4 is 35.1 Å². The lowest BCUT2D eigenvalue weighted by Crippen LogP contribution is -2.58. The quantitative estimate of drug-likeness (QED) is 0.377. The number of nitrogens with one attached hydrogen (secondary N) is 1. The van der Waals surface area contributed by atoms with E-state index in [1.54, 1.807) is 30.9 Å². The van der Waals surface area contributed by atoms with Gasteiger partial charge in [-0.3, -0.25) is 19.2 Å². The van der Waals surface area contributed by atoms with Gasteiger partial charge in [0.15, 0.2) is 0 Å². The highest BCUT2D eigenvalue weighted by Crippen LogP contribution is 2.56. The summed E-state index contributed by atoms with van der Waals surface area (Å²) in [7, 11) is 0. The molecule has 0 aromatic heterocycles. The van der Waals surface area contributed by atoms with E-state index in [1.807, 2.05) is 36.4 Å². The Labute approximate surface area is 252 Å². The van der Waals surface area contributed by atoms with Crippen molar-refractivity contribution in [2.75, 3.05) is 42.6 Å². The van der Waals surface area contributed by atoms with Gasteiger partial charge in [-0.1, -0.05) is 24.3 Å². The lowest BCUT2D eigenvalue weighted by Gasteiger charge is -2.38. The molecule has 4 heterocycles. The van der Waals surface area contributed by atoms with Gasteiger partial charge in [0.25, 0.3) is 5.91 Å². The van der Waals surface area contributed by atoms with Crippen LogP contribution in [-0.4, -0.2) is 96.4 Å². The van der Waals surface area contributed by atoms with Gasteiger partial charge in [-0.2, -0.15) is 0 Å². The summed E-state index contributed by atoms with van der Waals surface area (Å²) in [5.74, 6) is -3.55. The molecule has 11 nitrogen and oxygen atoms in total. The maximum atomic E-state index is 14.7. The van der Waals surface area contributed by atoms with Crippen molar-refractivity contribution in [3.05, 3.63) is 48.6 Å². The summed E-state index contributed by atoms with van der Waals surface area (Å²) < 4.78 is 12.1. The summed E-state index contributed by atoms with van der Waals surface area (Å²) in [6.07, 6.45) is 6.51. The fraction of sp³-hybridized carbons (Fsp3) is 0.562. The third-order valence-electron chi connectivity index (χ3n) is 9.01. The van der Waals surface area contributed by atoms with Gasteiger partial charge < -0.3 is 34.6 Å². The number of amides is 3. The molecule has 3 amide bonds. The van der Waals surface area contributed by atoms with Crippen molar-refractivity contribution in [1.29, 1.82) is 0 Å². The van der Waals surface area contributed by atoms with E-state index in [2.05, 4.69) is 24.1 Å². The zero-order valence-electron chi connectivity index (χ0n) is 25.3. The van der Waals surface area contributed by atoms with Crippen LogP contribution in [0, 0.1) is 11.8 Å². The average molecular weight is 595 g/mol. The summed E-state index contributed by atoms with van der Waals surface area (Å²) in [6.45, 7) is 9.15. The first kappa shape index (κ1) is 30.7. The second kappa shape index (κ2) is 12.5. The first-order valence-corrected chi connectivity index (χ1v) is 15.3. The van der Waals surface area contributed by atoms with Gasteiger partial charge in [0.1, 0.15) is 23.7 Å². The molecule has 0 radical (unpaired) electrons. The Hall–Kier alpha value is -3.70. The molecule has 43 heavy (non-hydrogen) atoms. The van der Waals surface area contributed by atoms with Crippen LogP contribution in [0.15, 0.2) is 48.6 Å². The molecule has 0 saturated carbocycles. The van der Waals surface area contributed by atoms with E-state index in [-0.39, 0.29) is 37.9 Å². The van der Waals surface area contributed by atoms with E-state index in [0.717, 1.165) is 18.8 Å². The summed E-state index contributed by atoms with van der Waals surface area (Å²) in [6, 6.07) is 5.88. The largest absolute Gasteiger partial charge is 0.460 e. The van der Waals surface area contributed by atoms with Crippen LogP contribution in [0.1, 0.15) is 40.5 Å². The van der Waals surface area contributed by atoms with Gasteiger partial charge in [0.05, 0.1) is 31.2 Å². The van der Waals surface area contributed by atoms with Gasteiger partial charge in [-0.15, -0.1) is 0 Å². The molecule has 2 saturated heterocycles. The minimum atomic E-state index is -1.39. The number of aliphatic hydroxyl groups is 1. The van der Waals surface area contributed by atoms with Crippen molar-refractivity contribution in [3.63, 3.8) is 0 Å². The van der Waals surface area contributed by atoms with Crippen LogP contribution in [0.2, 0.25) is 0 Å². The molecule has 5 bridgehead atoms. The molecule has 1 spiro atoms. The maximum absolute atomic E-state index is 14.7. The standard InChI is InChI=1S/C32H42N4O7/c1-5-34(6-2)22-11-13-23(14-12-22)35-17-9-7-8-10-25(38)33-18-21(4)42-31(41)26-24-15-16-32(43-24)27(26)29(39)36(20(3)19-37)28(32)30(35)40/h7,9,11-16,20-21,24,26-28,37H,5-6,8,10,17-19H2,1-4H3,(H,33,38)/b9-7-/t20-,21-,24+,26-,27-,28+,32-/m1/s1. The van der Waals surface area contributed by atoms with E-state index >= 15 is 0 Å². The summed E-state index contributed by atoms with van der Waals surface area (Å²) >= 11 is 0. The predicted molar refractivity (Wildman–Crippen MR) is 160 cm³/mol. The van der Waals surface area contributed by atoms with Crippen LogP contribution >= 0.6 is 0 Å². The van der Waals surface area contributed by atoms with E-state index < -0.39 is 53.6 Å². The monoisotopic (exact) mass is 594 g/mol. The number of ether oxygens (including phenoxy) is 2. The number of aliphatic hydroxyl groups excluding tert-OH is 1. The maximum Gasteiger partial charge on any atom is 0.313 e. The SMILES string of the molecule is CCN(CC)c1ccc(N2C/C=C\CCC(=O)NC[C@@H](C)OC(=O)[C@@H]3[C@@H]4C=C[C@]5(O4)[C@H](C2=O)N([C@H](C)CO)C(=O)[C@@H]35)cc1. The number of likely N-dealkylation sites (tertiary alicyclic amines) is 1. The van der Waals surface area contributed by atoms with Gasteiger partial charge in [-0.05, 0) is 58.4 Å². The molecule has 4 aliphatic heterocycles. The molecule has 2 N–H and O–H groups in total. The van der Waals surface area contributed by atoms with Crippen molar-refractivity contribution in [3.8, 4) is 0 Å². The fourth-order valence-electron chi connectivity index (χ4n) is 6.80. The normalized spacial score (nSPS) is 32.4. The van der Waals surface area contributed by atoms with E-state index in [0.29, 0.717) is 12.1 Å². The number of fused-ring (bicyclic) bond motifs is 2. The number of carbonyl (C=O) groups excluding carboxylic acids is 4. The predicted octanol–water partition coefficient (Wildman–Crippen LogP) is 1.80. The molecule has 1 aromatic rings. The first-order valence-electron chi connectivity index (χ1n) is 15.3. The van der Waals surface area contributed by atoms with Crippen molar-refractivity contribution < 1.29 is 33.8 Å². The Morgan fingerprint density at radius 3 is 2.49 bits per heavy atom. The topological polar surface area (TPSA) is 129 Å². The van der Waals surface area contributed by atoms with Crippen LogP contribution in [0.3, 0.4) is 0 Å². The average Bonchev–Trinajstić information content (AvgIpc) is 3.65. The molecule has 5 rings (SSSR count). The number of allylic oxidation sites excluding steroid dienone is 1. The minimum Gasteiger partial charge on any atom is -0.460 e. The van der Waals surface area contributed by atoms with Crippen LogP contribution in [0.5, 0.6) is 0 Å². The summed E-state index contributed by atoms with van der Waals surface area (Å²) in [4.78, 5) is 59.9. The van der Waals surface area contributed by atoms with Gasteiger partial charge >= 0.3 is 5.97 Å². The third kappa shape index (κ3) is 5.44. The Balaban J connectivity index is 1.58. The number of anilines is 2. The molecule has 0 aliphatic carbocycles. The molecule has 232 valence electrons. The minimum absolute atomic E-state index is 0.137. The summed E-state index contributed by atoms with van der Waals surface area (Å²) in [5, 5.41) is 13.0. The Kier molecular flexibility index (Phi) is 8.94. The molecule has 4 aliphatic rings.